The van der Waals surface area contributed by atoms with Crippen molar-refractivity contribution < 1.29 is 23.9 Å². The summed E-state index contributed by atoms with van der Waals surface area (Å²) in [5.74, 6) is -2.38. The Morgan fingerprint density at radius 1 is 1.25 bits per heavy atom. The number of Topliss-reactive ketones (excluding diaryl/α,β-unsaturated/α-hetero) is 2. The van der Waals surface area contributed by atoms with Crippen molar-refractivity contribution >= 4 is 17.5 Å². The first-order valence-corrected chi connectivity index (χ1v) is 6.81. The molecule has 0 aromatic rings. The molecule has 2 aliphatic rings. The number of methoxy groups -OCH3 is 1. The van der Waals surface area contributed by atoms with Crippen LogP contribution in [0.15, 0.2) is 0 Å². The van der Waals surface area contributed by atoms with E-state index in [0.29, 0.717) is 6.54 Å². The summed E-state index contributed by atoms with van der Waals surface area (Å²) < 4.78 is 10.1. The van der Waals surface area contributed by atoms with E-state index in [-0.39, 0.29) is 5.41 Å². The summed E-state index contributed by atoms with van der Waals surface area (Å²) in [6.45, 7) is 6.98. The molecule has 2 aliphatic heterocycles. The van der Waals surface area contributed by atoms with E-state index in [1.54, 1.807) is 0 Å². The fourth-order valence-electron chi connectivity index (χ4n) is 2.69. The average Bonchev–Trinajstić information content (AvgIpc) is 2.85. The number of carbonyl (C=O) groups is 3. The lowest BCUT2D eigenvalue weighted by molar-refractivity contribution is -0.151. The Morgan fingerprint density at radius 3 is 2.40 bits per heavy atom. The zero-order valence-corrected chi connectivity index (χ0v) is 12.3. The Balaban J connectivity index is 2.07. The highest BCUT2D eigenvalue weighted by Gasteiger charge is 2.62. The molecular weight excluding hydrogens is 262 g/mol. The highest BCUT2D eigenvalue weighted by Crippen LogP contribution is 2.36. The summed E-state index contributed by atoms with van der Waals surface area (Å²) in [6, 6.07) is -0.472. The Hall–Kier alpha value is -1.27. The van der Waals surface area contributed by atoms with Gasteiger partial charge in [-0.05, 0) is 18.4 Å². The van der Waals surface area contributed by atoms with E-state index in [1.165, 1.54) is 7.11 Å². The van der Waals surface area contributed by atoms with Crippen molar-refractivity contribution in [1.82, 2.24) is 5.32 Å². The molecule has 2 fully saturated rings. The van der Waals surface area contributed by atoms with Gasteiger partial charge in [0.05, 0.1) is 13.2 Å². The number of hydrogen-bond donors (Lipinski definition) is 1. The molecule has 1 N–H and O–H groups in total. The van der Waals surface area contributed by atoms with E-state index in [0.717, 1.165) is 6.42 Å². The minimum atomic E-state index is -0.980. The molecule has 0 aromatic heterocycles. The molecule has 6 nitrogen and oxygen atoms in total. The number of fused-ring (bicyclic) bond motifs is 2. The summed E-state index contributed by atoms with van der Waals surface area (Å²) in [6.07, 6.45) is -0.944. The lowest BCUT2D eigenvalue weighted by Gasteiger charge is -2.27. The van der Waals surface area contributed by atoms with Gasteiger partial charge in [-0.1, -0.05) is 20.8 Å². The second kappa shape index (κ2) is 5.26. The summed E-state index contributed by atoms with van der Waals surface area (Å²) in [5, 5.41) is 3.19. The molecule has 0 aliphatic carbocycles. The first-order valence-electron chi connectivity index (χ1n) is 6.81. The third-order valence-electron chi connectivity index (χ3n) is 3.82. The molecule has 112 valence electrons. The minimum absolute atomic E-state index is 0.145. The first-order chi connectivity index (χ1) is 9.26. The summed E-state index contributed by atoms with van der Waals surface area (Å²) >= 11 is 0. The molecular formula is C14H21NO5. The van der Waals surface area contributed by atoms with Crippen molar-refractivity contribution in [3.63, 3.8) is 0 Å². The van der Waals surface area contributed by atoms with Crippen LogP contribution in [0.3, 0.4) is 0 Å². The molecule has 4 unspecified atom stereocenters. The van der Waals surface area contributed by atoms with Gasteiger partial charge in [0.25, 0.3) is 0 Å². The van der Waals surface area contributed by atoms with E-state index in [2.05, 4.69) is 26.1 Å². The second-order valence-corrected chi connectivity index (χ2v) is 6.55. The molecule has 4 atom stereocenters. The number of hydrogen-bond acceptors (Lipinski definition) is 6. The normalized spacial score (nSPS) is 32.8. The van der Waals surface area contributed by atoms with Gasteiger partial charge in [0.2, 0.25) is 11.6 Å². The smallest absolute Gasteiger partial charge is 0.313 e. The molecule has 0 spiro atoms. The van der Waals surface area contributed by atoms with Crippen molar-refractivity contribution in [3.05, 3.63) is 0 Å². The maximum absolute atomic E-state index is 11.8. The maximum Gasteiger partial charge on any atom is 0.313 e. The summed E-state index contributed by atoms with van der Waals surface area (Å²) in [5.41, 5.74) is 0.145. The highest BCUT2D eigenvalue weighted by atomic mass is 16.5. The van der Waals surface area contributed by atoms with Gasteiger partial charge >= 0.3 is 5.97 Å². The van der Waals surface area contributed by atoms with Crippen molar-refractivity contribution in [2.24, 2.45) is 11.3 Å². The lowest BCUT2D eigenvalue weighted by Crippen LogP contribution is -2.54. The van der Waals surface area contributed by atoms with Gasteiger partial charge in [-0.3, -0.25) is 14.4 Å². The van der Waals surface area contributed by atoms with Crippen molar-refractivity contribution in [2.45, 2.75) is 45.4 Å². The molecule has 2 saturated heterocycles. The van der Waals surface area contributed by atoms with Gasteiger partial charge in [-0.25, -0.2) is 0 Å². The Morgan fingerprint density at radius 2 is 1.85 bits per heavy atom. The van der Waals surface area contributed by atoms with Gasteiger partial charge in [0.1, 0.15) is 18.1 Å². The Kier molecular flexibility index (Phi) is 3.97. The second-order valence-electron chi connectivity index (χ2n) is 6.55. The number of ether oxygens (including phenoxy) is 2. The van der Waals surface area contributed by atoms with Crippen LogP contribution < -0.4 is 5.32 Å². The van der Waals surface area contributed by atoms with Crippen molar-refractivity contribution in [3.8, 4) is 0 Å². The molecule has 20 heavy (non-hydrogen) atoms. The van der Waals surface area contributed by atoms with Gasteiger partial charge in [-0.2, -0.15) is 0 Å². The van der Waals surface area contributed by atoms with Crippen LogP contribution in [-0.4, -0.2) is 49.4 Å². The Labute approximate surface area is 118 Å². The number of carbonyl (C=O) groups excluding carboxylic acids is 3. The Bertz CT molecular complexity index is 439. The van der Waals surface area contributed by atoms with Crippen LogP contribution in [-0.2, 0) is 23.9 Å². The van der Waals surface area contributed by atoms with E-state index >= 15 is 0 Å². The molecule has 2 heterocycles. The van der Waals surface area contributed by atoms with Crippen LogP contribution in [0.5, 0.6) is 0 Å². The summed E-state index contributed by atoms with van der Waals surface area (Å²) in [4.78, 5) is 35.2. The third-order valence-corrected chi connectivity index (χ3v) is 3.82. The van der Waals surface area contributed by atoms with Crippen LogP contribution in [0.25, 0.3) is 0 Å². The van der Waals surface area contributed by atoms with Gasteiger partial charge in [-0.15, -0.1) is 0 Å². The van der Waals surface area contributed by atoms with Crippen LogP contribution in [0, 0.1) is 11.3 Å². The zero-order chi connectivity index (χ0) is 15.1. The number of rotatable bonds is 4. The molecule has 6 heteroatoms. The molecule has 2 bridgehead atoms. The molecule has 2 rings (SSSR count). The van der Waals surface area contributed by atoms with Crippen LogP contribution >= 0.6 is 0 Å². The monoisotopic (exact) mass is 283 g/mol. The van der Waals surface area contributed by atoms with Gasteiger partial charge in [0.15, 0.2) is 0 Å². The molecule has 0 amide bonds. The van der Waals surface area contributed by atoms with Crippen LogP contribution in [0.4, 0.5) is 0 Å². The average molecular weight is 283 g/mol. The van der Waals surface area contributed by atoms with Crippen molar-refractivity contribution in [1.29, 1.82) is 0 Å². The zero-order valence-electron chi connectivity index (χ0n) is 12.3. The number of esters is 1. The quantitative estimate of drug-likeness (QED) is 0.581. The van der Waals surface area contributed by atoms with Gasteiger partial charge in [0, 0.05) is 0 Å². The van der Waals surface area contributed by atoms with E-state index in [4.69, 9.17) is 9.47 Å². The van der Waals surface area contributed by atoms with E-state index in [9.17, 15) is 14.4 Å². The third kappa shape index (κ3) is 2.62. The minimum Gasteiger partial charge on any atom is -0.469 e. The first kappa shape index (κ1) is 15.1. The lowest BCUT2D eigenvalue weighted by atomic mass is 9.82. The van der Waals surface area contributed by atoms with Crippen LogP contribution in [0.2, 0.25) is 0 Å². The fraction of sp³-hybridized carbons (Fsp3) is 0.786. The van der Waals surface area contributed by atoms with E-state index in [1.807, 2.05) is 0 Å². The SMILES string of the molecule is COC(=O)C1C2OC(C(=O)C2=O)C1NCCC(C)(C)C. The summed E-state index contributed by atoms with van der Waals surface area (Å²) in [7, 11) is 1.27. The largest absolute Gasteiger partial charge is 0.469 e. The van der Waals surface area contributed by atoms with E-state index < -0.39 is 41.7 Å². The topological polar surface area (TPSA) is 81.7 Å². The van der Waals surface area contributed by atoms with Gasteiger partial charge < -0.3 is 14.8 Å². The standard InChI is InChI=1S/C14H21NO5/c1-14(2,3)5-6-15-8-7(13(18)19-4)11-9(16)10(17)12(8)20-11/h7-8,11-12,15H,5-6H2,1-4H3. The molecule has 0 radical (unpaired) electrons. The van der Waals surface area contributed by atoms with Crippen molar-refractivity contribution in [2.75, 3.05) is 13.7 Å². The highest BCUT2D eigenvalue weighted by molar-refractivity contribution is 6.43. The van der Waals surface area contributed by atoms with Crippen LogP contribution in [0.1, 0.15) is 27.2 Å². The number of nitrogens with one attached hydrogen (secondary N) is 1. The molecule has 0 aromatic carbocycles. The predicted molar refractivity (Wildman–Crippen MR) is 70.0 cm³/mol. The predicted octanol–water partition coefficient (Wildman–Crippen LogP) is 0.0892. The fourth-order valence-corrected chi connectivity index (χ4v) is 2.69. The maximum atomic E-state index is 11.8. The number of ketones is 2. The molecule has 0 saturated carbocycles.